The third-order valence-corrected chi connectivity index (χ3v) is 3.41. The van der Waals surface area contributed by atoms with E-state index in [0.29, 0.717) is 11.5 Å². The zero-order valence-electron chi connectivity index (χ0n) is 9.85. The molecule has 2 rings (SSSR count). The molecule has 1 aliphatic rings. The summed E-state index contributed by atoms with van der Waals surface area (Å²) in [5.74, 6) is -1.57. The molecule has 16 heavy (non-hydrogen) atoms. The molecule has 0 radical (unpaired) electrons. The lowest BCUT2D eigenvalue weighted by Crippen LogP contribution is -2.24. The van der Waals surface area contributed by atoms with Crippen molar-refractivity contribution in [2.45, 2.75) is 39.3 Å². The Kier molecular flexibility index (Phi) is 2.74. The number of hydrogen-bond acceptors (Lipinski definition) is 1. The fraction of sp³-hybridized carbons (Fsp3) is 0.538. The van der Waals surface area contributed by atoms with Crippen LogP contribution in [-0.4, -0.2) is 6.04 Å². The monoisotopic (exact) mass is 225 g/mol. The van der Waals surface area contributed by atoms with Crippen LogP contribution in [0.25, 0.3) is 0 Å². The second-order valence-corrected chi connectivity index (χ2v) is 5.31. The van der Waals surface area contributed by atoms with E-state index in [1.807, 2.05) is 6.92 Å². The average Bonchev–Trinajstić information content (AvgIpc) is 2.78. The molecule has 2 unspecified atom stereocenters. The molecular formula is C13H17F2N. The smallest absolute Gasteiger partial charge is 0.159 e. The van der Waals surface area contributed by atoms with Crippen molar-refractivity contribution in [3.63, 3.8) is 0 Å². The van der Waals surface area contributed by atoms with Gasteiger partial charge in [0.15, 0.2) is 11.6 Å². The van der Waals surface area contributed by atoms with Gasteiger partial charge in [-0.05, 0) is 36.5 Å². The van der Waals surface area contributed by atoms with Gasteiger partial charge in [-0.1, -0.05) is 19.9 Å². The minimum Gasteiger partial charge on any atom is -0.307 e. The summed E-state index contributed by atoms with van der Waals surface area (Å²) in [5.41, 5.74) is 1.13. The van der Waals surface area contributed by atoms with E-state index in [1.165, 1.54) is 12.1 Å². The molecule has 1 aromatic carbocycles. The van der Waals surface area contributed by atoms with E-state index in [-0.39, 0.29) is 6.04 Å². The van der Waals surface area contributed by atoms with Crippen LogP contribution in [0.5, 0.6) is 0 Å². The highest BCUT2D eigenvalue weighted by Gasteiger charge is 2.45. The van der Waals surface area contributed by atoms with E-state index in [2.05, 4.69) is 19.2 Å². The van der Waals surface area contributed by atoms with E-state index in [4.69, 9.17) is 0 Å². The third kappa shape index (κ3) is 2.24. The molecule has 0 spiro atoms. The van der Waals surface area contributed by atoms with Gasteiger partial charge in [0.25, 0.3) is 0 Å². The molecular weight excluding hydrogens is 208 g/mol. The largest absolute Gasteiger partial charge is 0.307 e. The zero-order valence-corrected chi connectivity index (χ0v) is 9.85. The molecule has 1 fully saturated rings. The van der Waals surface area contributed by atoms with Crippen LogP contribution in [0.4, 0.5) is 8.78 Å². The lowest BCUT2D eigenvalue weighted by atomic mass is 10.1. The van der Waals surface area contributed by atoms with Crippen LogP contribution in [0.15, 0.2) is 18.2 Å². The summed E-state index contributed by atoms with van der Waals surface area (Å²) < 4.78 is 25.8. The molecule has 0 saturated heterocycles. The number of nitrogens with one attached hydrogen (secondary N) is 1. The Hall–Kier alpha value is -0.960. The summed E-state index contributed by atoms with van der Waals surface area (Å²) in [6.45, 7) is 6.37. The highest BCUT2D eigenvalue weighted by molar-refractivity contribution is 5.21. The molecule has 0 aliphatic heterocycles. The summed E-state index contributed by atoms with van der Waals surface area (Å²) in [6.07, 6.45) is 1.14. The Morgan fingerprint density at radius 2 is 1.94 bits per heavy atom. The maximum absolute atomic E-state index is 13.0. The van der Waals surface area contributed by atoms with Gasteiger partial charge in [0.2, 0.25) is 0 Å². The van der Waals surface area contributed by atoms with Gasteiger partial charge in [0.05, 0.1) is 0 Å². The molecule has 88 valence electrons. The quantitative estimate of drug-likeness (QED) is 0.831. The SMILES string of the molecule is CC(NC1CC1(C)C)c1ccc(F)c(F)c1. The lowest BCUT2D eigenvalue weighted by Gasteiger charge is -2.15. The predicted molar refractivity (Wildman–Crippen MR) is 60.1 cm³/mol. The molecule has 1 N–H and O–H groups in total. The van der Waals surface area contributed by atoms with E-state index < -0.39 is 11.6 Å². The van der Waals surface area contributed by atoms with Crippen molar-refractivity contribution in [3.8, 4) is 0 Å². The Morgan fingerprint density at radius 1 is 1.31 bits per heavy atom. The maximum Gasteiger partial charge on any atom is 0.159 e. The Bertz CT molecular complexity index is 401. The van der Waals surface area contributed by atoms with Crippen LogP contribution in [0, 0.1) is 17.0 Å². The fourth-order valence-corrected chi connectivity index (χ4v) is 1.93. The van der Waals surface area contributed by atoms with E-state index in [0.717, 1.165) is 12.0 Å². The van der Waals surface area contributed by atoms with Crippen molar-refractivity contribution in [1.82, 2.24) is 5.32 Å². The van der Waals surface area contributed by atoms with Gasteiger partial charge < -0.3 is 5.32 Å². The van der Waals surface area contributed by atoms with Crippen molar-refractivity contribution in [2.75, 3.05) is 0 Å². The number of benzene rings is 1. The van der Waals surface area contributed by atoms with Crippen molar-refractivity contribution in [1.29, 1.82) is 0 Å². The first-order valence-electron chi connectivity index (χ1n) is 5.61. The Labute approximate surface area is 94.9 Å². The molecule has 2 atom stereocenters. The van der Waals surface area contributed by atoms with Crippen LogP contribution in [0.3, 0.4) is 0 Å². The van der Waals surface area contributed by atoms with Crippen LogP contribution in [-0.2, 0) is 0 Å². The molecule has 1 aliphatic carbocycles. The molecule has 1 nitrogen and oxygen atoms in total. The van der Waals surface area contributed by atoms with Gasteiger partial charge in [-0.25, -0.2) is 8.78 Å². The standard InChI is InChI=1S/C13H17F2N/c1-8(16-12-7-13(12,2)3)9-4-5-10(14)11(15)6-9/h4-6,8,12,16H,7H2,1-3H3. The van der Waals surface area contributed by atoms with Gasteiger partial charge in [-0.3, -0.25) is 0 Å². The number of hydrogen-bond donors (Lipinski definition) is 1. The highest BCUT2D eigenvalue weighted by Crippen LogP contribution is 2.45. The van der Waals surface area contributed by atoms with Crippen LogP contribution < -0.4 is 5.32 Å². The summed E-state index contributed by atoms with van der Waals surface area (Å²) in [5, 5.41) is 3.42. The average molecular weight is 225 g/mol. The van der Waals surface area contributed by atoms with Crippen molar-refractivity contribution in [3.05, 3.63) is 35.4 Å². The van der Waals surface area contributed by atoms with Crippen LogP contribution in [0.2, 0.25) is 0 Å². The summed E-state index contributed by atoms with van der Waals surface area (Å²) in [7, 11) is 0. The molecule has 0 heterocycles. The first-order valence-corrected chi connectivity index (χ1v) is 5.61. The first kappa shape index (κ1) is 11.5. The predicted octanol–water partition coefficient (Wildman–Crippen LogP) is 3.41. The zero-order chi connectivity index (χ0) is 11.9. The lowest BCUT2D eigenvalue weighted by molar-refractivity contribution is 0.480. The van der Waals surface area contributed by atoms with Gasteiger partial charge in [-0.2, -0.15) is 0 Å². The second-order valence-electron chi connectivity index (χ2n) is 5.31. The Balaban J connectivity index is 2.04. The summed E-state index contributed by atoms with van der Waals surface area (Å²) in [4.78, 5) is 0. The number of rotatable bonds is 3. The normalized spacial score (nSPS) is 24.2. The van der Waals surface area contributed by atoms with Gasteiger partial charge in [-0.15, -0.1) is 0 Å². The summed E-state index contributed by atoms with van der Waals surface area (Å²) in [6, 6.07) is 4.62. The second kappa shape index (κ2) is 3.81. The third-order valence-electron chi connectivity index (χ3n) is 3.41. The van der Waals surface area contributed by atoms with E-state index in [9.17, 15) is 8.78 Å². The minimum absolute atomic E-state index is 0.0573. The van der Waals surface area contributed by atoms with Crippen molar-refractivity contribution < 1.29 is 8.78 Å². The maximum atomic E-state index is 13.0. The van der Waals surface area contributed by atoms with Gasteiger partial charge in [0, 0.05) is 12.1 Å². The topological polar surface area (TPSA) is 12.0 Å². The molecule has 0 amide bonds. The highest BCUT2D eigenvalue weighted by atomic mass is 19.2. The Morgan fingerprint density at radius 3 is 2.44 bits per heavy atom. The molecule has 1 aromatic rings. The first-order chi connectivity index (χ1) is 7.40. The van der Waals surface area contributed by atoms with Gasteiger partial charge in [0.1, 0.15) is 0 Å². The molecule has 0 aromatic heterocycles. The molecule has 1 saturated carbocycles. The van der Waals surface area contributed by atoms with Gasteiger partial charge >= 0.3 is 0 Å². The van der Waals surface area contributed by atoms with E-state index in [1.54, 1.807) is 6.07 Å². The minimum atomic E-state index is -0.789. The number of halogens is 2. The van der Waals surface area contributed by atoms with Crippen LogP contribution >= 0.6 is 0 Å². The molecule has 3 heteroatoms. The molecule has 0 bridgehead atoms. The van der Waals surface area contributed by atoms with Crippen molar-refractivity contribution in [2.24, 2.45) is 5.41 Å². The van der Waals surface area contributed by atoms with Crippen molar-refractivity contribution >= 4 is 0 Å². The fourth-order valence-electron chi connectivity index (χ4n) is 1.93. The summed E-state index contributed by atoms with van der Waals surface area (Å²) >= 11 is 0. The van der Waals surface area contributed by atoms with Crippen LogP contribution in [0.1, 0.15) is 38.8 Å². The van der Waals surface area contributed by atoms with E-state index >= 15 is 0 Å².